The van der Waals surface area contributed by atoms with Crippen molar-refractivity contribution in [1.29, 1.82) is 0 Å². The molecule has 0 radical (unpaired) electrons. The summed E-state index contributed by atoms with van der Waals surface area (Å²) >= 11 is 0. The Morgan fingerprint density at radius 1 is 1.43 bits per heavy atom. The molecule has 0 fully saturated rings. The van der Waals surface area contributed by atoms with Crippen molar-refractivity contribution >= 4 is 6.21 Å². The number of pyridine rings is 1. The molecule has 3 heteroatoms. The molecule has 0 aromatic carbocycles. The van der Waals surface area contributed by atoms with Crippen molar-refractivity contribution in [2.75, 3.05) is 0 Å². The van der Waals surface area contributed by atoms with Gasteiger partial charge >= 0.3 is 0 Å². The summed E-state index contributed by atoms with van der Waals surface area (Å²) in [5, 5.41) is 0. The lowest BCUT2D eigenvalue weighted by Gasteiger charge is -2.06. The summed E-state index contributed by atoms with van der Waals surface area (Å²) in [6.07, 6.45) is 8.02. The second-order valence-corrected chi connectivity index (χ2v) is 2.87. The number of hydrogen-bond acceptors (Lipinski definition) is 3. The number of hydrogen-bond donors (Lipinski definition) is 0. The summed E-state index contributed by atoms with van der Waals surface area (Å²) in [6.45, 7) is 3.66. The van der Waals surface area contributed by atoms with Crippen LogP contribution in [0.15, 0.2) is 47.9 Å². The Balaban J connectivity index is 2.39. The van der Waals surface area contributed by atoms with E-state index < -0.39 is 0 Å². The zero-order valence-corrected chi connectivity index (χ0v) is 7.68. The molecule has 0 saturated carbocycles. The van der Waals surface area contributed by atoms with Crippen molar-refractivity contribution in [2.45, 2.75) is 6.42 Å². The summed E-state index contributed by atoms with van der Waals surface area (Å²) in [7, 11) is 0. The Morgan fingerprint density at radius 3 is 3.29 bits per heavy atom. The first-order chi connectivity index (χ1) is 6.86. The second-order valence-electron chi connectivity index (χ2n) is 2.87. The third-order valence-corrected chi connectivity index (χ3v) is 1.84. The Labute approximate surface area is 82.5 Å². The minimum absolute atomic E-state index is 0.358. The van der Waals surface area contributed by atoms with Gasteiger partial charge in [0.05, 0.1) is 0 Å². The molecule has 1 aromatic rings. The van der Waals surface area contributed by atoms with Crippen LogP contribution >= 0.6 is 0 Å². The second kappa shape index (κ2) is 3.87. The van der Waals surface area contributed by atoms with Gasteiger partial charge in [-0.1, -0.05) is 12.1 Å². The third kappa shape index (κ3) is 1.88. The SMILES string of the molecule is C=C1N=CC=CCc2cccnc2O1. The molecule has 0 atom stereocenters. The van der Waals surface area contributed by atoms with Crippen LogP contribution in [0.5, 0.6) is 5.88 Å². The van der Waals surface area contributed by atoms with Crippen LogP contribution in [0.4, 0.5) is 0 Å². The molecule has 70 valence electrons. The van der Waals surface area contributed by atoms with Gasteiger partial charge in [0, 0.05) is 18.0 Å². The maximum Gasteiger partial charge on any atom is 0.224 e. The fourth-order valence-corrected chi connectivity index (χ4v) is 1.19. The Hall–Kier alpha value is -1.90. The first kappa shape index (κ1) is 8.69. The molecule has 14 heavy (non-hydrogen) atoms. The van der Waals surface area contributed by atoms with Crippen LogP contribution in [-0.2, 0) is 6.42 Å². The minimum Gasteiger partial charge on any atom is -0.421 e. The molecule has 1 aliphatic rings. The van der Waals surface area contributed by atoms with E-state index >= 15 is 0 Å². The van der Waals surface area contributed by atoms with E-state index in [0.717, 1.165) is 12.0 Å². The van der Waals surface area contributed by atoms with E-state index in [1.54, 1.807) is 12.4 Å². The lowest BCUT2D eigenvalue weighted by molar-refractivity contribution is 0.404. The molecule has 0 unspecified atom stereocenters. The van der Waals surface area contributed by atoms with Crippen LogP contribution in [-0.4, -0.2) is 11.2 Å². The van der Waals surface area contributed by atoms with Gasteiger partial charge in [0.25, 0.3) is 0 Å². The average molecular weight is 186 g/mol. The highest BCUT2D eigenvalue weighted by Crippen LogP contribution is 2.18. The van der Waals surface area contributed by atoms with Gasteiger partial charge < -0.3 is 4.74 Å². The normalized spacial score (nSPS) is 15.0. The predicted octanol–water partition coefficient (Wildman–Crippen LogP) is 2.11. The highest BCUT2D eigenvalue weighted by molar-refractivity contribution is 5.72. The van der Waals surface area contributed by atoms with E-state index in [1.807, 2.05) is 24.3 Å². The molecule has 0 aliphatic carbocycles. The first-order valence-electron chi connectivity index (χ1n) is 4.36. The number of ether oxygens (including phenoxy) is 1. The number of aliphatic imine (C=N–C) groups is 1. The van der Waals surface area contributed by atoms with Gasteiger partial charge in [-0.3, -0.25) is 0 Å². The Bertz CT molecular complexity index is 408. The largest absolute Gasteiger partial charge is 0.421 e. The van der Waals surface area contributed by atoms with Crippen LogP contribution in [0, 0.1) is 0 Å². The monoisotopic (exact) mass is 186 g/mol. The summed E-state index contributed by atoms with van der Waals surface area (Å²) in [5.41, 5.74) is 1.04. The maximum atomic E-state index is 5.37. The summed E-state index contributed by atoms with van der Waals surface area (Å²) < 4.78 is 5.37. The molecule has 1 aliphatic heterocycles. The van der Waals surface area contributed by atoms with Crippen LogP contribution in [0.3, 0.4) is 0 Å². The van der Waals surface area contributed by atoms with Crippen LogP contribution in [0.1, 0.15) is 5.56 Å². The fraction of sp³-hybridized carbons (Fsp3) is 0.0909. The fourth-order valence-electron chi connectivity index (χ4n) is 1.19. The zero-order chi connectivity index (χ0) is 9.80. The van der Waals surface area contributed by atoms with Gasteiger partial charge in [-0.15, -0.1) is 0 Å². The summed E-state index contributed by atoms with van der Waals surface area (Å²) in [4.78, 5) is 8.10. The molecule has 2 heterocycles. The predicted molar refractivity (Wildman–Crippen MR) is 55.3 cm³/mol. The van der Waals surface area contributed by atoms with E-state index in [1.165, 1.54) is 0 Å². The molecule has 1 aromatic heterocycles. The minimum atomic E-state index is 0.358. The smallest absolute Gasteiger partial charge is 0.224 e. The van der Waals surface area contributed by atoms with E-state index in [2.05, 4.69) is 16.6 Å². The molecular formula is C11H10N2O. The number of aromatic nitrogens is 1. The van der Waals surface area contributed by atoms with Crippen LogP contribution in [0.25, 0.3) is 0 Å². The quantitative estimate of drug-likeness (QED) is 0.622. The lowest BCUT2D eigenvalue weighted by atomic mass is 10.2. The van der Waals surface area contributed by atoms with Crippen molar-refractivity contribution < 1.29 is 4.74 Å². The molecule has 0 bridgehead atoms. The van der Waals surface area contributed by atoms with E-state index in [9.17, 15) is 0 Å². The van der Waals surface area contributed by atoms with Gasteiger partial charge in [-0.25, -0.2) is 9.98 Å². The number of allylic oxidation sites excluding steroid dienone is 2. The van der Waals surface area contributed by atoms with Crippen LogP contribution in [0.2, 0.25) is 0 Å². The average Bonchev–Trinajstić information content (AvgIpc) is 2.27. The highest BCUT2D eigenvalue weighted by Gasteiger charge is 2.05. The number of fused-ring (bicyclic) bond motifs is 1. The lowest BCUT2D eigenvalue weighted by Crippen LogP contribution is -1.96. The van der Waals surface area contributed by atoms with Gasteiger partial charge in [0.2, 0.25) is 11.8 Å². The van der Waals surface area contributed by atoms with Crippen molar-refractivity contribution in [3.05, 3.63) is 48.5 Å². The Morgan fingerprint density at radius 2 is 2.36 bits per heavy atom. The molecule has 0 N–H and O–H groups in total. The maximum absolute atomic E-state index is 5.37. The van der Waals surface area contributed by atoms with E-state index in [4.69, 9.17) is 4.74 Å². The topological polar surface area (TPSA) is 34.5 Å². The third-order valence-electron chi connectivity index (χ3n) is 1.84. The zero-order valence-electron chi connectivity index (χ0n) is 7.68. The Kier molecular flexibility index (Phi) is 2.40. The molecule has 2 rings (SSSR count). The first-order valence-corrected chi connectivity index (χ1v) is 4.36. The number of rotatable bonds is 0. The van der Waals surface area contributed by atoms with Crippen molar-refractivity contribution in [3.8, 4) is 5.88 Å². The summed E-state index contributed by atoms with van der Waals surface area (Å²) in [5.74, 6) is 0.942. The van der Waals surface area contributed by atoms with Crippen LogP contribution < -0.4 is 4.74 Å². The van der Waals surface area contributed by atoms with Crippen molar-refractivity contribution in [2.24, 2.45) is 4.99 Å². The van der Waals surface area contributed by atoms with E-state index in [-0.39, 0.29) is 0 Å². The standard InChI is InChI=1S/C11H10N2O/c1-9-12-7-3-2-5-10-6-4-8-13-11(10)14-9/h2-4,6-8H,1,5H2. The van der Waals surface area contributed by atoms with E-state index in [0.29, 0.717) is 11.8 Å². The van der Waals surface area contributed by atoms with Gasteiger partial charge in [-0.2, -0.15) is 0 Å². The van der Waals surface area contributed by atoms with Gasteiger partial charge in [-0.05, 0) is 25.1 Å². The van der Waals surface area contributed by atoms with Gasteiger partial charge in [0.15, 0.2) is 0 Å². The summed E-state index contributed by atoms with van der Waals surface area (Å²) in [6, 6.07) is 3.86. The highest BCUT2D eigenvalue weighted by atomic mass is 16.5. The molecule has 0 amide bonds. The van der Waals surface area contributed by atoms with Gasteiger partial charge in [0.1, 0.15) is 0 Å². The van der Waals surface area contributed by atoms with Crippen molar-refractivity contribution in [3.63, 3.8) is 0 Å². The number of nitrogens with zero attached hydrogens (tertiary/aromatic N) is 2. The molecule has 3 nitrogen and oxygen atoms in total. The molecule has 0 spiro atoms. The molecular weight excluding hydrogens is 176 g/mol. The van der Waals surface area contributed by atoms with Crippen molar-refractivity contribution in [1.82, 2.24) is 4.98 Å². The molecule has 0 saturated heterocycles.